The molecular formula is C18H20F2N2O. The van der Waals surface area contributed by atoms with Crippen LogP contribution in [0.1, 0.15) is 42.9 Å². The van der Waals surface area contributed by atoms with Gasteiger partial charge in [-0.1, -0.05) is 12.1 Å². The second-order valence-electron chi connectivity index (χ2n) is 6.07. The molecule has 1 fully saturated rings. The second-order valence-corrected chi connectivity index (χ2v) is 6.07. The Balaban J connectivity index is 1.86. The van der Waals surface area contributed by atoms with Gasteiger partial charge in [-0.3, -0.25) is 4.98 Å². The smallest absolute Gasteiger partial charge is 0.159 e. The van der Waals surface area contributed by atoms with Gasteiger partial charge in [0.15, 0.2) is 11.6 Å². The fourth-order valence-corrected chi connectivity index (χ4v) is 3.10. The first kappa shape index (κ1) is 16.0. The molecule has 23 heavy (non-hydrogen) atoms. The Bertz CT molecular complexity index is 643. The Morgan fingerprint density at radius 1 is 1.04 bits per heavy atom. The highest BCUT2D eigenvalue weighted by molar-refractivity contribution is 5.31. The van der Waals surface area contributed by atoms with E-state index in [-0.39, 0.29) is 18.2 Å². The van der Waals surface area contributed by atoms with E-state index in [1.807, 2.05) is 12.1 Å². The molecule has 0 bridgehead atoms. The summed E-state index contributed by atoms with van der Waals surface area (Å²) in [6.07, 6.45) is 6.43. The van der Waals surface area contributed by atoms with Crippen molar-refractivity contribution in [1.82, 2.24) is 10.3 Å². The van der Waals surface area contributed by atoms with Crippen molar-refractivity contribution in [2.24, 2.45) is 0 Å². The van der Waals surface area contributed by atoms with E-state index in [1.54, 1.807) is 18.5 Å². The van der Waals surface area contributed by atoms with Crippen molar-refractivity contribution < 1.29 is 13.9 Å². The van der Waals surface area contributed by atoms with E-state index >= 15 is 0 Å². The van der Waals surface area contributed by atoms with Crippen LogP contribution in [0.3, 0.4) is 0 Å². The van der Waals surface area contributed by atoms with Crippen LogP contribution in [0.5, 0.6) is 0 Å². The molecule has 0 aliphatic heterocycles. The molecule has 2 N–H and O–H groups in total. The molecule has 1 saturated carbocycles. The van der Waals surface area contributed by atoms with Crippen LogP contribution >= 0.6 is 0 Å². The normalized spacial score (nSPS) is 22.7. The number of aromatic nitrogens is 1. The van der Waals surface area contributed by atoms with E-state index in [4.69, 9.17) is 0 Å². The average molecular weight is 318 g/mol. The van der Waals surface area contributed by atoms with E-state index in [0.717, 1.165) is 37.3 Å². The van der Waals surface area contributed by atoms with E-state index in [9.17, 15) is 13.9 Å². The zero-order valence-electron chi connectivity index (χ0n) is 12.8. The summed E-state index contributed by atoms with van der Waals surface area (Å²) in [6.45, 7) is 0. The van der Waals surface area contributed by atoms with Crippen LogP contribution in [0, 0.1) is 11.6 Å². The standard InChI is InChI=1S/C18H20F2N2O/c19-16-8-3-12(10-17(16)20)18(13-2-1-9-21-11-13)22-14-4-6-15(23)7-5-14/h1-3,8-11,14-15,18,22-23H,4-7H2/t14?,15?,18-/m0/s1. The molecule has 3 nitrogen and oxygen atoms in total. The Morgan fingerprint density at radius 2 is 1.83 bits per heavy atom. The number of halogens is 2. The van der Waals surface area contributed by atoms with Crippen molar-refractivity contribution in [3.05, 3.63) is 65.5 Å². The monoisotopic (exact) mass is 318 g/mol. The molecule has 1 aliphatic carbocycles. The van der Waals surface area contributed by atoms with Gasteiger partial charge in [-0.15, -0.1) is 0 Å². The number of pyridine rings is 1. The third-order valence-electron chi connectivity index (χ3n) is 4.39. The number of hydrogen-bond donors (Lipinski definition) is 2. The number of nitrogens with one attached hydrogen (secondary N) is 1. The lowest BCUT2D eigenvalue weighted by molar-refractivity contribution is 0.115. The summed E-state index contributed by atoms with van der Waals surface area (Å²) < 4.78 is 26.9. The number of aliphatic hydroxyl groups excluding tert-OH is 1. The maximum Gasteiger partial charge on any atom is 0.159 e. The molecule has 0 radical (unpaired) electrons. The van der Waals surface area contributed by atoms with E-state index < -0.39 is 11.6 Å². The van der Waals surface area contributed by atoms with Gasteiger partial charge in [0.1, 0.15) is 0 Å². The molecule has 1 heterocycles. The van der Waals surface area contributed by atoms with Crippen LogP contribution in [-0.2, 0) is 0 Å². The number of rotatable bonds is 4. The van der Waals surface area contributed by atoms with Crippen LogP contribution < -0.4 is 5.32 Å². The summed E-state index contributed by atoms with van der Waals surface area (Å²) in [5, 5.41) is 13.1. The van der Waals surface area contributed by atoms with Gasteiger partial charge in [0.2, 0.25) is 0 Å². The minimum atomic E-state index is -0.850. The summed E-state index contributed by atoms with van der Waals surface area (Å²) in [7, 11) is 0. The summed E-state index contributed by atoms with van der Waals surface area (Å²) >= 11 is 0. The minimum absolute atomic E-state index is 0.229. The van der Waals surface area contributed by atoms with Crippen LogP contribution in [0.25, 0.3) is 0 Å². The Kier molecular flexibility index (Phi) is 4.98. The molecule has 5 heteroatoms. The van der Waals surface area contributed by atoms with Gasteiger partial charge in [0, 0.05) is 18.4 Å². The number of hydrogen-bond acceptors (Lipinski definition) is 3. The highest BCUT2D eigenvalue weighted by Crippen LogP contribution is 2.27. The third kappa shape index (κ3) is 3.92. The summed E-state index contributed by atoms with van der Waals surface area (Å²) in [6, 6.07) is 7.72. The van der Waals surface area contributed by atoms with Crippen LogP contribution in [0.2, 0.25) is 0 Å². The molecule has 0 spiro atoms. The first-order valence-corrected chi connectivity index (χ1v) is 7.92. The predicted molar refractivity (Wildman–Crippen MR) is 83.8 cm³/mol. The molecule has 1 atom stereocenters. The Labute approximate surface area is 134 Å². The number of aliphatic hydroxyl groups is 1. The molecule has 1 aliphatic rings. The van der Waals surface area contributed by atoms with Crippen molar-refractivity contribution in [2.45, 2.75) is 43.9 Å². The fourth-order valence-electron chi connectivity index (χ4n) is 3.10. The SMILES string of the molecule is OC1CCC(N[C@H](c2cccnc2)c2ccc(F)c(F)c2)CC1. The molecule has 0 unspecified atom stereocenters. The van der Waals surface area contributed by atoms with Crippen molar-refractivity contribution in [3.8, 4) is 0 Å². The topological polar surface area (TPSA) is 45.1 Å². The molecule has 0 amide bonds. The zero-order valence-corrected chi connectivity index (χ0v) is 12.8. The lowest BCUT2D eigenvalue weighted by atomic mass is 9.90. The predicted octanol–water partition coefficient (Wildman–Crippen LogP) is 3.34. The summed E-state index contributed by atoms with van der Waals surface area (Å²) in [5.41, 5.74) is 1.58. The van der Waals surface area contributed by atoms with Crippen LogP contribution in [0.4, 0.5) is 8.78 Å². The minimum Gasteiger partial charge on any atom is -0.393 e. The zero-order chi connectivity index (χ0) is 16.2. The Morgan fingerprint density at radius 3 is 2.48 bits per heavy atom. The van der Waals surface area contributed by atoms with Gasteiger partial charge in [-0.2, -0.15) is 0 Å². The van der Waals surface area contributed by atoms with Crippen molar-refractivity contribution >= 4 is 0 Å². The fraction of sp³-hybridized carbons (Fsp3) is 0.389. The highest BCUT2D eigenvalue weighted by atomic mass is 19.2. The quantitative estimate of drug-likeness (QED) is 0.909. The van der Waals surface area contributed by atoms with Crippen molar-refractivity contribution in [1.29, 1.82) is 0 Å². The number of benzene rings is 1. The van der Waals surface area contributed by atoms with E-state index in [2.05, 4.69) is 10.3 Å². The lowest BCUT2D eigenvalue weighted by Crippen LogP contribution is -2.37. The van der Waals surface area contributed by atoms with Gasteiger partial charge in [-0.25, -0.2) is 8.78 Å². The molecular weight excluding hydrogens is 298 g/mol. The van der Waals surface area contributed by atoms with Crippen molar-refractivity contribution in [2.75, 3.05) is 0 Å². The van der Waals surface area contributed by atoms with Crippen LogP contribution in [-0.4, -0.2) is 22.2 Å². The van der Waals surface area contributed by atoms with Gasteiger partial charge in [0.25, 0.3) is 0 Å². The maximum atomic E-state index is 13.6. The second kappa shape index (κ2) is 7.15. The Hall–Kier alpha value is -1.85. The molecule has 2 aromatic rings. The molecule has 0 saturated heterocycles. The highest BCUT2D eigenvalue weighted by Gasteiger charge is 2.24. The first-order chi connectivity index (χ1) is 11.1. The largest absolute Gasteiger partial charge is 0.393 e. The molecule has 1 aromatic carbocycles. The van der Waals surface area contributed by atoms with Gasteiger partial charge < -0.3 is 10.4 Å². The van der Waals surface area contributed by atoms with Crippen LogP contribution in [0.15, 0.2) is 42.7 Å². The maximum absolute atomic E-state index is 13.6. The van der Waals surface area contributed by atoms with Gasteiger partial charge >= 0.3 is 0 Å². The van der Waals surface area contributed by atoms with Crippen molar-refractivity contribution in [3.63, 3.8) is 0 Å². The van der Waals surface area contributed by atoms with E-state index in [1.165, 1.54) is 6.07 Å². The average Bonchev–Trinajstić information content (AvgIpc) is 2.58. The summed E-state index contributed by atoms with van der Waals surface area (Å²) in [5.74, 6) is -1.70. The van der Waals surface area contributed by atoms with Gasteiger partial charge in [-0.05, 0) is 55.0 Å². The third-order valence-corrected chi connectivity index (χ3v) is 4.39. The van der Waals surface area contributed by atoms with E-state index in [0.29, 0.717) is 5.56 Å². The molecule has 1 aromatic heterocycles. The molecule has 122 valence electrons. The summed E-state index contributed by atoms with van der Waals surface area (Å²) in [4.78, 5) is 4.13. The lowest BCUT2D eigenvalue weighted by Gasteiger charge is -2.31. The first-order valence-electron chi connectivity index (χ1n) is 7.92. The molecule has 3 rings (SSSR count). The number of nitrogens with zero attached hydrogens (tertiary/aromatic N) is 1. The van der Waals surface area contributed by atoms with Gasteiger partial charge in [0.05, 0.1) is 12.1 Å².